The average Bonchev–Trinajstić information content (AvgIpc) is 2.31. The molecule has 15 heavy (non-hydrogen) atoms. The van der Waals surface area contributed by atoms with Crippen LogP contribution in [0.4, 0.5) is 0 Å². The molecule has 2 heterocycles. The molecule has 0 saturated carbocycles. The molecular formula is C11H12N4. The van der Waals surface area contributed by atoms with Gasteiger partial charge in [-0.1, -0.05) is 0 Å². The van der Waals surface area contributed by atoms with Crippen molar-refractivity contribution in [3.8, 4) is 11.3 Å². The zero-order chi connectivity index (χ0) is 10.5. The molecule has 0 spiro atoms. The first-order valence-electron chi connectivity index (χ1n) is 4.81. The summed E-state index contributed by atoms with van der Waals surface area (Å²) in [6.45, 7) is 0.608. The first kappa shape index (κ1) is 9.73. The summed E-state index contributed by atoms with van der Waals surface area (Å²) < 4.78 is 0. The molecule has 2 N–H and O–H groups in total. The first-order valence-corrected chi connectivity index (χ1v) is 4.81. The number of hydrogen-bond donors (Lipinski definition) is 1. The second-order valence-electron chi connectivity index (χ2n) is 3.17. The number of nitrogens with zero attached hydrogens (tertiary/aromatic N) is 3. The second-order valence-corrected chi connectivity index (χ2v) is 3.17. The minimum absolute atomic E-state index is 0.608. The summed E-state index contributed by atoms with van der Waals surface area (Å²) in [4.78, 5) is 12.5. The SMILES string of the molecule is NCCc1cc(-c2cnccn2)ccn1. The van der Waals surface area contributed by atoms with Gasteiger partial charge in [0.2, 0.25) is 0 Å². The molecule has 0 atom stereocenters. The van der Waals surface area contributed by atoms with Crippen molar-refractivity contribution < 1.29 is 0 Å². The molecule has 0 saturated heterocycles. The fourth-order valence-corrected chi connectivity index (χ4v) is 1.37. The summed E-state index contributed by atoms with van der Waals surface area (Å²) in [6, 6.07) is 3.92. The maximum Gasteiger partial charge on any atom is 0.0886 e. The Bertz CT molecular complexity index is 428. The second kappa shape index (κ2) is 4.61. The molecule has 0 aliphatic rings. The van der Waals surface area contributed by atoms with Crippen LogP contribution in [0.5, 0.6) is 0 Å². The smallest absolute Gasteiger partial charge is 0.0886 e. The maximum absolute atomic E-state index is 5.48. The summed E-state index contributed by atoms with van der Waals surface area (Å²) >= 11 is 0. The summed E-state index contributed by atoms with van der Waals surface area (Å²) in [5.74, 6) is 0. The molecule has 2 rings (SSSR count). The summed E-state index contributed by atoms with van der Waals surface area (Å²) in [5.41, 5.74) is 8.36. The van der Waals surface area contributed by atoms with Gasteiger partial charge in [-0.25, -0.2) is 0 Å². The lowest BCUT2D eigenvalue weighted by atomic mass is 10.1. The van der Waals surface area contributed by atoms with E-state index in [1.165, 1.54) is 0 Å². The van der Waals surface area contributed by atoms with Crippen LogP contribution >= 0.6 is 0 Å². The van der Waals surface area contributed by atoms with Crippen LogP contribution in [0, 0.1) is 0 Å². The van der Waals surface area contributed by atoms with E-state index in [1.807, 2.05) is 12.1 Å². The van der Waals surface area contributed by atoms with E-state index in [2.05, 4.69) is 15.0 Å². The van der Waals surface area contributed by atoms with Crippen molar-refractivity contribution in [1.29, 1.82) is 0 Å². The Hall–Kier alpha value is -1.81. The normalized spacial score (nSPS) is 10.2. The van der Waals surface area contributed by atoms with Crippen molar-refractivity contribution in [2.75, 3.05) is 6.54 Å². The Kier molecular flexibility index (Phi) is 2.99. The van der Waals surface area contributed by atoms with Gasteiger partial charge < -0.3 is 5.73 Å². The van der Waals surface area contributed by atoms with Crippen molar-refractivity contribution in [3.05, 3.63) is 42.6 Å². The Morgan fingerprint density at radius 3 is 2.80 bits per heavy atom. The molecule has 4 nitrogen and oxygen atoms in total. The monoisotopic (exact) mass is 200 g/mol. The van der Waals surface area contributed by atoms with E-state index >= 15 is 0 Å². The third kappa shape index (κ3) is 2.35. The van der Waals surface area contributed by atoms with E-state index in [9.17, 15) is 0 Å². The van der Waals surface area contributed by atoms with Gasteiger partial charge in [0.05, 0.1) is 11.9 Å². The van der Waals surface area contributed by atoms with Gasteiger partial charge >= 0.3 is 0 Å². The Morgan fingerprint density at radius 2 is 2.07 bits per heavy atom. The molecule has 0 bridgehead atoms. The Morgan fingerprint density at radius 1 is 1.13 bits per heavy atom. The van der Waals surface area contributed by atoms with Crippen LogP contribution in [0.1, 0.15) is 5.69 Å². The highest BCUT2D eigenvalue weighted by atomic mass is 14.8. The lowest BCUT2D eigenvalue weighted by Gasteiger charge is -2.02. The zero-order valence-corrected chi connectivity index (χ0v) is 8.30. The molecular weight excluding hydrogens is 188 g/mol. The molecule has 0 aliphatic carbocycles. The number of rotatable bonds is 3. The number of aromatic nitrogens is 3. The highest BCUT2D eigenvalue weighted by molar-refractivity contribution is 5.57. The Balaban J connectivity index is 2.33. The predicted octanol–water partition coefficient (Wildman–Crippen LogP) is 1.04. The largest absolute Gasteiger partial charge is 0.330 e. The lowest BCUT2D eigenvalue weighted by molar-refractivity contribution is 0.923. The topological polar surface area (TPSA) is 64.7 Å². The van der Waals surface area contributed by atoms with Crippen LogP contribution in [0.15, 0.2) is 36.9 Å². The minimum atomic E-state index is 0.608. The van der Waals surface area contributed by atoms with E-state index in [4.69, 9.17) is 5.73 Å². The lowest BCUT2D eigenvalue weighted by Crippen LogP contribution is -2.04. The van der Waals surface area contributed by atoms with Gasteiger partial charge in [0.15, 0.2) is 0 Å². The zero-order valence-electron chi connectivity index (χ0n) is 8.30. The van der Waals surface area contributed by atoms with Gasteiger partial charge in [-0.2, -0.15) is 0 Å². The number of pyridine rings is 1. The quantitative estimate of drug-likeness (QED) is 0.804. The van der Waals surface area contributed by atoms with Gasteiger partial charge in [0.1, 0.15) is 0 Å². The summed E-state index contributed by atoms with van der Waals surface area (Å²) in [6.07, 6.45) is 7.63. The van der Waals surface area contributed by atoms with Crippen molar-refractivity contribution >= 4 is 0 Å². The minimum Gasteiger partial charge on any atom is -0.330 e. The van der Waals surface area contributed by atoms with Gasteiger partial charge in [-0.3, -0.25) is 15.0 Å². The van der Waals surface area contributed by atoms with E-state index < -0.39 is 0 Å². The summed E-state index contributed by atoms with van der Waals surface area (Å²) in [5, 5.41) is 0. The maximum atomic E-state index is 5.48. The van der Waals surface area contributed by atoms with Crippen molar-refractivity contribution in [2.45, 2.75) is 6.42 Å². The van der Waals surface area contributed by atoms with Crippen LogP contribution in [-0.2, 0) is 6.42 Å². The van der Waals surface area contributed by atoms with E-state index in [0.29, 0.717) is 6.54 Å². The number of nitrogens with two attached hydrogens (primary N) is 1. The third-order valence-electron chi connectivity index (χ3n) is 2.08. The van der Waals surface area contributed by atoms with Gasteiger partial charge in [0.25, 0.3) is 0 Å². The molecule has 0 amide bonds. The predicted molar refractivity (Wildman–Crippen MR) is 58.0 cm³/mol. The number of hydrogen-bond acceptors (Lipinski definition) is 4. The van der Waals surface area contributed by atoms with Crippen molar-refractivity contribution in [3.63, 3.8) is 0 Å². The van der Waals surface area contributed by atoms with Gasteiger partial charge in [-0.05, 0) is 18.7 Å². The van der Waals surface area contributed by atoms with Crippen LogP contribution in [0.3, 0.4) is 0 Å². The molecule has 4 heteroatoms. The van der Waals surface area contributed by atoms with E-state index in [0.717, 1.165) is 23.4 Å². The van der Waals surface area contributed by atoms with E-state index in [1.54, 1.807) is 24.8 Å². The highest BCUT2D eigenvalue weighted by Crippen LogP contribution is 2.15. The molecule has 2 aromatic rings. The molecule has 0 radical (unpaired) electrons. The van der Waals surface area contributed by atoms with Gasteiger partial charge in [-0.15, -0.1) is 0 Å². The average molecular weight is 200 g/mol. The fourth-order valence-electron chi connectivity index (χ4n) is 1.37. The van der Waals surface area contributed by atoms with Crippen molar-refractivity contribution in [1.82, 2.24) is 15.0 Å². The standard InChI is InChI=1S/C11H12N4/c12-3-1-10-7-9(2-4-14-10)11-8-13-5-6-15-11/h2,4-8H,1,3,12H2. The molecule has 2 aromatic heterocycles. The third-order valence-corrected chi connectivity index (χ3v) is 2.08. The molecule has 0 fully saturated rings. The van der Waals surface area contributed by atoms with Crippen LogP contribution in [-0.4, -0.2) is 21.5 Å². The molecule has 0 aliphatic heterocycles. The van der Waals surface area contributed by atoms with Crippen LogP contribution in [0.25, 0.3) is 11.3 Å². The molecule has 0 aromatic carbocycles. The fraction of sp³-hybridized carbons (Fsp3) is 0.182. The van der Waals surface area contributed by atoms with E-state index in [-0.39, 0.29) is 0 Å². The van der Waals surface area contributed by atoms with Crippen LogP contribution < -0.4 is 5.73 Å². The van der Waals surface area contributed by atoms with Gasteiger partial charge in [0, 0.05) is 36.3 Å². The highest BCUT2D eigenvalue weighted by Gasteiger charge is 2.00. The summed E-state index contributed by atoms with van der Waals surface area (Å²) in [7, 11) is 0. The molecule has 76 valence electrons. The Labute approximate surface area is 88.2 Å². The van der Waals surface area contributed by atoms with Crippen LogP contribution in [0.2, 0.25) is 0 Å². The van der Waals surface area contributed by atoms with Crippen molar-refractivity contribution in [2.24, 2.45) is 5.73 Å². The first-order chi connectivity index (χ1) is 7.40. The molecule has 0 unspecified atom stereocenters.